The molecule has 1 rings (SSSR count). The Balaban J connectivity index is 2.67. The molecule has 0 atom stereocenters. The van der Waals surface area contributed by atoms with E-state index in [1.807, 2.05) is 0 Å². The highest BCUT2D eigenvalue weighted by Gasteiger charge is 2.10. The van der Waals surface area contributed by atoms with E-state index >= 15 is 0 Å². The number of non-ortho nitro benzene ring substituents is 1. The van der Waals surface area contributed by atoms with Crippen LogP contribution in [0, 0.1) is 10.1 Å². The van der Waals surface area contributed by atoms with Crippen LogP contribution in [0.25, 0.3) is 0 Å². The molecule has 0 fully saturated rings. The minimum Gasteiger partial charge on any atom is -0.479 e. The second-order valence-corrected chi connectivity index (χ2v) is 3.23. The van der Waals surface area contributed by atoms with Crippen LogP contribution in [0.1, 0.15) is 24.2 Å². The van der Waals surface area contributed by atoms with Gasteiger partial charge in [-0.25, -0.2) is 4.79 Å². The number of nitrogens with zero attached hydrogens (tertiary/aromatic N) is 2. The third-order valence-electron chi connectivity index (χ3n) is 1.92. The highest BCUT2D eigenvalue weighted by Crippen LogP contribution is 2.12. The Labute approximate surface area is 103 Å². The van der Waals surface area contributed by atoms with Crippen LogP contribution in [0.15, 0.2) is 29.4 Å². The van der Waals surface area contributed by atoms with Crippen molar-refractivity contribution < 1.29 is 19.3 Å². The normalized spacial score (nSPS) is 10.9. The first-order valence-electron chi connectivity index (χ1n) is 5.17. The minimum atomic E-state index is -0.705. The topological polar surface area (TPSA) is 91.0 Å². The third kappa shape index (κ3) is 3.85. The van der Waals surface area contributed by atoms with E-state index in [1.54, 1.807) is 13.8 Å². The van der Waals surface area contributed by atoms with E-state index in [1.165, 1.54) is 24.3 Å². The van der Waals surface area contributed by atoms with Gasteiger partial charge in [0.05, 0.1) is 17.1 Å². The van der Waals surface area contributed by atoms with Crippen molar-refractivity contribution in [1.82, 2.24) is 0 Å². The largest absolute Gasteiger partial charge is 0.479 e. The lowest BCUT2D eigenvalue weighted by molar-refractivity contribution is -0.384. The summed E-state index contributed by atoms with van der Waals surface area (Å²) in [5, 5.41) is 13.9. The molecule has 0 unspecified atom stereocenters. The summed E-state index contributed by atoms with van der Waals surface area (Å²) < 4.78 is 4.96. The zero-order valence-electron chi connectivity index (χ0n) is 9.95. The molecule has 0 aliphatic heterocycles. The third-order valence-corrected chi connectivity index (χ3v) is 1.92. The van der Waals surface area contributed by atoms with Gasteiger partial charge in [-0.05, 0) is 24.2 Å². The quantitative estimate of drug-likeness (QED) is 0.269. The number of nitro benzene ring substituents is 1. The maximum Gasteiger partial charge on any atom is 0.365 e. The van der Waals surface area contributed by atoms with E-state index in [9.17, 15) is 14.9 Å². The van der Waals surface area contributed by atoms with Crippen LogP contribution < -0.4 is 0 Å². The summed E-state index contributed by atoms with van der Waals surface area (Å²) in [7, 11) is 0. The van der Waals surface area contributed by atoms with Crippen LogP contribution in [0.4, 0.5) is 5.69 Å². The number of carbonyl (C=O) groups excluding carboxylic acids is 1. The first-order valence-corrected chi connectivity index (χ1v) is 5.17. The van der Waals surface area contributed by atoms with Crippen molar-refractivity contribution in [2.24, 2.45) is 5.16 Å². The Kier molecular flexibility index (Phi) is 4.79. The molecule has 0 amide bonds. The van der Waals surface area contributed by atoms with Gasteiger partial charge in [0, 0.05) is 19.1 Å². The molecule has 7 nitrogen and oxygen atoms in total. The highest BCUT2D eigenvalue weighted by molar-refractivity contribution is 5.90. The van der Waals surface area contributed by atoms with E-state index in [0.717, 1.165) is 0 Å². The second-order valence-electron chi connectivity index (χ2n) is 3.23. The van der Waals surface area contributed by atoms with E-state index in [2.05, 4.69) is 9.99 Å². The molecule has 96 valence electrons. The monoisotopic (exact) mass is 252 g/mol. The number of carbonyl (C=O) groups is 1. The van der Waals surface area contributed by atoms with Crippen molar-refractivity contribution in [2.45, 2.75) is 13.8 Å². The Morgan fingerprint density at radius 3 is 2.50 bits per heavy atom. The van der Waals surface area contributed by atoms with Gasteiger partial charge in [0.25, 0.3) is 5.69 Å². The first-order chi connectivity index (χ1) is 8.54. The summed E-state index contributed by atoms with van der Waals surface area (Å²) in [5.74, 6) is -0.475. The standard InChI is InChI=1S/C11H12N2O5/c1-3-17-8(2)12-18-11(14)9-4-6-10(7-5-9)13(15)16/h4-7H,3H2,1-2H3/b12-8+. The van der Waals surface area contributed by atoms with Gasteiger partial charge < -0.3 is 9.57 Å². The molecule has 1 aromatic rings. The van der Waals surface area contributed by atoms with Crippen molar-refractivity contribution in [3.63, 3.8) is 0 Å². The van der Waals surface area contributed by atoms with Crippen molar-refractivity contribution in [3.05, 3.63) is 39.9 Å². The zero-order chi connectivity index (χ0) is 13.5. The lowest BCUT2D eigenvalue weighted by Crippen LogP contribution is -2.05. The van der Waals surface area contributed by atoms with Gasteiger partial charge in [-0.15, -0.1) is 0 Å². The highest BCUT2D eigenvalue weighted by atomic mass is 16.7. The van der Waals surface area contributed by atoms with Crippen LogP contribution in [-0.2, 0) is 9.57 Å². The van der Waals surface area contributed by atoms with Gasteiger partial charge in [-0.1, -0.05) is 0 Å². The summed E-state index contributed by atoms with van der Waals surface area (Å²) in [5.41, 5.74) is 0.0780. The molecule has 0 saturated carbocycles. The number of ether oxygens (including phenoxy) is 1. The predicted molar refractivity (Wildman–Crippen MR) is 63.2 cm³/mol. The molecule has 7 heteroatoms. The number of oxime groups is 1. The van der Waals surface area contributed by atoms with Crippen molar-refractivity contribution in [3.8, 4) is 0 Å². The van der Waals surface area contributed by atoms with Crippen LogP contribution in [-0.4, -0.2) is 23.4 Å². The van der Waals surface area contributed by atoms with Gasteiger partial charge in [-0.2, -0.15) is 0 Å². The van der Waals surface area contributed by atoms with Gasteiger partial charge in [-0.3, -0.25) is 10.1 Å². The molecule has 0 spiro atoms. The molecule has 0 heterocycles. The molecule has 0 aromatic heterocycles. The molecule has 0 radical (unpaired) electrons. The summed E-state index contributed by atoms with van der Waals surface area (Å²) in [6, 6.07) is 5.03. The fourth-order valence-corrected chi connectivity index (χ4v) is 1.11. The predicted octanol–water partition coefficient (Wildman–Crippen LogP) is 2.12. The molecule has 18 heavy (non-hydrogen) atoms. The van der Waals surface area contributed by atoms with Crippen molar-refractivity contribution in [1.29, 1.82) is 0 Å². The number of nitro groups is 1. The molecule has 0 N–H and O–H groups in total. The molecule has 0 aliphatic rings. The average Bonchev–Trinajstić information content (AvgIpc) is 2.36. The summed E-state index contributed by atoms with van der Waals surface area (Å²) in [4.78, 5) is 25.9. The Morgan fingerprint density at radius 2 is 2.00 bits per heavy atom. The molecule has 0 aliphatic carbocycles. The fraction of sp³-hybridized carbons (Fsp3) is 0.273. The SMILES string of the molecule is CCO/C(C)=N/OC(=O)c1ccc([N+](=O)[O-])cc1. The lowest BCUT2D eigenvalue weighted by atomic mass is 10.2. The molecular formula is C11H12N2O5. The smallest absolute Gasteiger partial charge is 0.365 e. The second kappa shape index (κ2) is 6.33. The first kappa shape index (κ1) is 13.6. The lowest BCUT2D eigenvalue weighted by Gasteiger charge is -2.01. The average molecular weight is 252 g/mol. The van der Waals surface area contributed by atoms with Crippen molar-refractivity contribution in [2.75, 3.05) is 6.61 Å². The maximum absolute atomic E-state index is 11.5. The maximum atomic E-state index is 11.5. The minimum absolute atomic E-state index is 0.0967. The molecule has 1 aromatic carbocycles. The van der Waals surface area contributed by atoms with Gasteiger partial charge in [0.1, 0.15) is 0 Å². The van der Waals surface area contributed by atoms with Gasteiger partial charge in [0.2, 0.25) is 5.90 Å². The van der Waals surface area contributed by atoms with Crippen LogP contribution >= 0.6 is 0 Å². The Hall–Kier alpha value is -2.44. The molecule has 0 bridgehead atoms. The van der Waals surface area contributed by atoms with Gasteiger partial charge in [0.15, 0.2) is 0 Å². The summed E-state index contributed by atoms with van der Waals surface area (Å²) >= 11 is 0. The Bertz CT molecular complexity index is 467. The number of hydrogen-bond donors (Lipinski definition) is 0. The van der Waals surface area contributed by atoms with E-state index < -0.39 is 10.9 Å². The van der Waals surface area contributed by atoms with Crippen molar-refractivity contribution >= 4 is 17.6 Å². The van der Waals surface area contributed by atoms with E-state index in [0.29, 0.717) is 6.61 Å². The molecular weight excluding hydrogens is 240 g/mol. The van der Waals surface area contributed by atoms with Crippen LogP contribution in [0.2, 0.25) is 0 Å². The van der Waals surface area contributed by atoms with E-state index in [4.69, 9.17) is 4.74 Å². The van der Waals surface area contributed by atoms with E-state index in [-0.39, 0.29) is 17.1 Å². The summed E-state index contributed by atoms with van der Waals surface area (Å²) in [6.45, 7) is 3.74. The van der Waals surface area contributed by atoms with Crippen LogP contribution in [0.5, 0.6) is 0 Å². The number of rotatable bonds is 4. The zero-order valence-corrected chi connectivity index (χ0v) is 9.95. The Morgan fingerprint density at radius 1 is 1.39 bits per heavy atom. The number of benzene rings is 1. The summed E-state index contributed by atoms with van der Waals surface area (Å²) in [6.07, 6.45) is 0. The van der Waals surface area contributed by atoms with Crippen LogP contribution in [0.3, 0.4) is 0 Å². The fourth-order valence-electron chi connectivity index (χ4n) is 1.11. The molecule has 0 saturated heterocycles. The number of hydrogen-bond acceptors (Lipinski definition) is 6. The van der Waals surface area contributed by atoms with Gasteiger partial charge >= 0.3 is 5.97 Å².